The Balaban J connectivity index is 2.03. The number of unbranched alkanes of at least 4 members (excludes halogenated alkanes) is 3. The second-order valence-corrected chi connectivity index (χ2v) is 4.51. The first-order valence-electron chi connectivity index (χ1n) is 6.36. The standard InChI is InChI=1S/C15H19NO/c1-3-4-5-8-11-16-12(2)13-9-6-7-10-14(13)15(16)17/h6-7,9-10H,2-5,8,11H2,1H3. The molecule has 0 spiro atoms. The van der Waals surface area contributed by atoms with Gasteiger partial charge in [0.15, 0.2) is 0 Å². The van der Waals surface area contributed by atoms with Crippen molar-refractivity contribution < 1.29 is 4.79 Å². The molecular weight excluding hydrogens is 210 g/mol. The van der Waals surface area contributed by atoms with Gasteiger partial charge < -0.3 is 4.90 Å². The van der Waals surface area contributed by atoms with Crippen LogP contribution in [0.4, 0.5) is 0 Å². The Morgan fingerprint density at radius 3 is 2.47 bits per heavy atom. The summed E-state index contributed by atoms with van der Waals surface area (Å²) in [7, 11) is 0. The summed E-state index contributed by atoms with van der Waals surface area (Å²) in [5.41, 5.74) is 2.66. The summed E-state index contributed by atoms with van der Waals surface area (Å²) >= 11 is 0. The summed E-state index contributed by atoms with van der Waals surface area (Å²) < 4.78 is 0. The molecule has 17 heavy (non-hydrogen) atoms. The molecule has 0 radical (unpaired) electrons. The largest absolute Gasteiger partial charge is 0.308 e. The first-order valence-corrected chi connectivity index (χ1v) is 6.36. The van der Waals surface area contributed by atoms with E-state index in [2.05, 4.69) is 13.5 Å². The molecule has 1 aliphatic heterocycles. The van der Waals surface area contributed by atoms with Gasteiger partial charge in [-0.05, 0) is 12.5 Å². The number of nitrogens with zero attached hydrogens (tertiary/aromatic N) is 1. The lowest BCUT2D eigenvalue weighted by molar-refractivity contribution is 0.0849. The van der Waals surface area contributed by atoms with Crippen LogP contribution >= 0.6 is 0 Å². The van der Waals surface area contributed by atoms with Crippen LogP contribution < -0.4 is 0 Å². The molecule has 0 bridgehead atoms. The molecule has 0 saturated heterocycles. The highest BCUT2D eigenvalue weighted by atomic mass is 16.2. The zero-order valence-corrected chi connectivity index (χ0v) is 10.4. The van der Waals surface area contributed by atoms with E-state index in [9.17, 15) is 4.79 Å². The number of carbonyl (C=O) groups excluding carboxylic acids is 1. The maximum atomic E-state index is 12.1. The van der Waals surface area contributed by atoms with Crippen LogP contribution in [0.2, 0.25) is 0 Å². The third-order valence-electron chi connectivity index (χ3n) is 3.27. The van der Waals surface area contributed by atoms with Crippen LogP contribution in [0.3, 0.4) is 0 Å². The van der Waals surface area contributed by atoms with Crippen molar-refractivity contribution >= 4 is 11.6 Å². The second-order valence-electron chi connectivity index (χ2n) is 4.51. The number of hydrogen-bond acceptors (Lipinski definition) is 1. The quantitative estimate of drug-likeness (QED) is 0.705. The molecule has 0 aromatic heterocycles. The molecule has 2 nitrogen and oxygen atoms in total. The van der Waals surface area contributed by atoms with Crippen LogP contribution in [0.25, 0.3) is 5.70 Å². The topological polar surface area (TPSA) is 20.3 Å². The van der Waals surface area contributed by atoms with E-state index in [1.807, 2.05) is 29.2 Å². The molecule has 1 heterocycles. The fourth-order valence-corrected chi connectivity index (χ4v) is 2.27. The molecule has 1 aromatic rings. The average molecular weight is 229 g/mol. The van der Waals surface area contributed by atoms with Crippen molar-refractivity contribution in [1.29, 1.82) is 0 Å². The molecule has 90 valence electrons. The van der Waals surface area contributed by atoms with Gasteiger partial charge in [-0.2, -0.15) is 0 Å². The van der Waals surface area contributed by atoms with Crippen molar-refractivity contribution in [3.63, 3.8) is 0 Å². The molecule has 0 unspecified atom stereocenters. The smallest absolute Gasteiger partial charge is 0.258 e. The van der Waals surface area contributed by atoms with Gasteiger partial charge in [-0.15, -0.1) is 0 Å². The molecule has 0 atom stereocenters. The molecule has 0 fully saturated rings. The number of carbonyl (C=O) groups is 1. The normalized spacial score (nSPS) is 14.3. The Labute approximate surface area is 103 Å². The van der Waals surface area contributed by atoms with E-state index in [1.54, 1.807) is 0 Å². The maximum absolute atomic E-state index is 12.1. The first-order chi connectivity index (χ1) is 8.25. The van der Waals surface area contributed by atoms with Crippen molar-refractivity contribution in [1.82, 2.24) is 4.90 Å². The first kappa shape index (κ1) is 11.9. The summed E-state index contributed by atoms with van der Waals surface area (Å²) in [5.74, 6) is 0.113. The van der Waals surface area contributed by atoms with Crippen molar-refractivity contribution in [2.45, 2.75) is 32.6 Å². The van der Waals surface area contributed by atoms with Crippen molar-refractivity contribution in [2.24, 2.45) is 0 Å². The Morgan fingerprint density at radius 2 is 1.82 bits per heavy atom. The molecule has 2 heteroatoms. The van der Waals surface area contributed by atoms with Crippen LogP contribution in [-0.2, 0) is 0 Å². The third kappa shape index (κ3) is 2.26. The number of fused-ring (bicyclic) bond motifs is 1. The fourth-order valence-electron chi connectivity index (χ4n) is 2.27. The number of benzene rings is 1. The molecule has 0 N–H and O–H groups in total. The van der Waals surface area contributed by atoms with Gasteiger partial charge in [0.1, 0.15) is 0 Å². The highest BCUT2D eigenvalue weighted by molar-refractivity contribution is 6.08. The van der Waals surface area contributed by atoms with Gasteiger partial charge in [-0.1, -0.05) is 51.0 Å². The van der Waals surface area contributed by atoms with E-state index in [4.69, 9.17) is 0 Å². The van der Waals surface area contributed by atoms with Gasteiger partial charge in [0.05, 0.1) is 0 Å². The minimum Gasteiger partial charge on any atom is -0.308 e. The fraction of sp³-hybridized carbons (Fsp3) is 0.400. The average Bonchev–Trinajstić information content (AvgIpc) is 2.60. The number of hydrogen-bond donors (Lipinski definition) is 0. The molecule has 0 saturated carbocycles. The lowest BCUT2D eigenvalue weighted by Gasteiger charge is -2.17. The van der Waals surface area contributed by atoms with E-state index in [1.165, 1.54) is 19.3 Å². The van der Waals surface area contributed by atoms with Gasteiger partial charge in [-0.25, -0.2) is 0 Å². The molecule has 2 rings (SSSR count). The zero-order chi connectivity index (χ0) is 12.3. The van der Waals surface area contributed by atoms with Gasteiger partial charge in [0.25, 0.3) is 5.91 Å². The second kappa shape index (κ2) is 5.17. The van der Waals surface area contributed by atoms with Crippen LogP contribution in [0.5, 0.6) is 0 Å². The van der Waals surface area contributed by atoms with E-state index in [0.717, 1.165) is 29.8 Å². The zero-order valence-electron chi connectivity index (χ0n) is 10.4. The van der Waals surface area contributed by atoms with E-state index in [0.29, 0.717) is 0 Å². The SMILES string of the molecule is C=C1c2ccccc2C(=O)N1CCCCCC. The van der Waals surface area contributed by atoms with Gasteiger partial charge in [-0.3, -0.25) is 4.79 Å². The Kier molecular flexibility index (Phi) is 3.62. The van der Waals surface area contributed by atoms with E-state index < -0.39 is 0 Å². The van der Waals surface area contributed by atoms with Crippen LogP contribution in [0.15, 0.2) is 30.8 Å². The van der Waals surface area contributed by atoms with Crippen LogP contribution in [0.1, 0.15) is 48.5 Å². The maximum Gasteiger partial charge on any atom is 0.258 e. The minimum absolute atomic E-state index is 0.113. The molecule has 1 aliphatic rings. The monoisotopic (exact) mass is 229 g/mol. The van der Waals surface area contributed by atoms with E-state index >= 15 is 0 Å². The summed E-state index contributed by atoms with van der Waals surface area (Å²) in [6.07, 6.45) is 4.70. The van der Waals surface area contributed by atoms with Gasteiger partial charge in [0.2, 0.25) is 0 Å². The summed E-state index contributed by atoms with van der Waals surface area (Å²) in [5, 5.41) is 0. The lowest BCUT2D eigenvalue weighted by atomic mass is 10.1. The molecule has 1 amide bonds. The molecule has 1 aromatic carbocycles. The summed E-state index contributed by atoms with van der Waals surface area (Å²) in [4.78, 5) is 14.0. The minimum atomic E-state index is 0.113. The Morgan fingerprint density at radius 1 is 1.12 bits per heavy atom. The lowest BCUT2D eigenvalue weighted by Crippen LogP contribution is -2.23. The predicted molar refractivity (Wildman–Crippen MR) is 70.7 cm³/mol. The highest BCUT2D eigenvalue weighted by Gasteiger charge is 2.29. The predicted octanol–water partition coefficient (Wildman–Crippen LogP) is 3.69. The number of rotatable bonds is 5. The number of amides is 1. The van der Waals surface area contributed by atoms with Crippen molar-refractivity contribution in [3.05, 3.63) is 42.0 Å². The van der Waals surface area contributed by atoms with Gasteiger partial charge >= 0.3 is 0 Å². The summed E-state index contributed by atoms with van der Waals surface area (Å²) in [6.45, 7) is 7.02. The van der Waals surface area contributed by atoms with Crippen LogP contribution in [0, 0.1) is 0 Å². The van der Waals surface area contributed by atoms with Crippen LogP contribution in [-0.4, -0.2) is 17.4 Å². The van der Waals surface area contributed by atoms with E-state index in [-0.39, 0.29) is 5.91 Å². The highest BCUT2D eigenvalue weighted by Crippen LogP contribution is 2.31. The molecule has 0 aliphatic carbocycles. The molecular formula is C15H19NO. The van der Waals surface area contributed by atoms with Crippen molar-refractivity contribution in [3.8, 4) is 0 Å². The van der Waals surface area contributed by atoms with Crippen molar-refractivity contribution in [2.75, 3.05) is 6.54 Å². The van der Waals surface area contributed by atoms with Gasteiger partial charge in [0, 0.05) is 23.4 Å². The Hall–Kier alpha value is -1.57. The third-order valence-corrected chi connectivity index (χ3v) is 3.27. The Bertz CT molecular complexity index is 401. The summed E-state index contributed by atoms with van der Waals surface area (Å²) in [6, 6.07) is 7.72.